The number of rotatable bonds is 1. The van der Waals surface area contributed by atoms with Gasteiger partial charge in [0.05, 0.1) is 0 Å². The van der Waals surface area contributed by atoms with Gasteiger partial charge in [0.1, 0.15) is 0 Å². The van der Waals surface area contributed by atoms with Gasteiger partial charge in [0.25, 0.3) is 0 Å². The lowest BCUT2D eigenvalue weighted by atomic mass is 10.3. The average Bonchev–Trinajstić information content (AvgIpc) is 2.09. The van der Waals surface area contributed by atoms with Crippen LogP contribution in [-0.4, -0.2) is 11.4 Å². The highest BCUT2D eigenvalue weighted by Crippen LogP contribution is 2.14. The van der Waals surface area contributed by atoms with E-state index in [4.69, 9.17) is 5.41 Å². The summed E-state index contributed by atoms with van der Waals surface area (Å²) >= 11 is 4.73. The number of nitrogens with one attached hydrogen (secondary N) is 2. The summed E-state index contributed by atoms with van der Waals surface area (Å²) < 4.78 is 1.05. The second-order valence-corrected chi connectivity index (χ2v) is 3.90. The van der Waals surface area contributed by atoms with Crippen LogP contribution < -0.4 is 5.32 Å². The molecule has 13 heavy (non-hydrogen) atoms. The summed E-state index contributed by atoms with van der Waals surface area (Å²) in [5.41, 5.74) is 0.942. The van der Waals surface area contributed by atoms with Gasteiger partial charge >= 0.3 is 0 Å². The first-order valence-electron chi connectivity index (χ1n) is 3.37. The van der Waals surface area contributed by atoms with Crippen molar-refractivity contribution in [3.05, 3.63) is 28.7 Å². The van der Waals surface area contributed by atoms with E-state index in [1.807, 2.05) is 30.5 Å². The van der Waals surface area contributed by atoms with Crippen molar-refractivity contribution in [2.24, 2.45) is 0 Å². The summed E-state index contributed by atoms with van der Waals surface area (Å²) in [6.45, 7) is 0. The number of thioether (sulfide) groups is 1. The SMILES string of the molecule is CSC(=N)Nc1ccc(Br)cc1.I. The van der Waals surface area contributed by atoms with E-state index < -0.39 is 0 Å². The first kappa shape index (κ1) is 13.2. The molecule has 0 aliphatic rings. The van der Waals surface area contributed by atoms with Crippen LogP contribution in [0.3, 0.4) is 0 Å². The molecule has 0 unspecified atom stereocenters. The molecule has 0 amide bonds. The van der Waals surface area contributed by atoms with Crippen molar-refractivity contribution in [1.82, 2.24) is 0 Å². The average molecular weight is 373 g/mol. The third-order valence-electron chi connectivity index (χ3n) is 1.31. The summed E-state index contributed by atoms with van der Waals surface area (Å²) in [6, 6.07) is 7.73. The van der Waals surface area contributed by atoms with Gasteiger partial charge in [-0.25, -0.2) is 0 Å². The zero-order chi connectivity index (χ0) is 8.97. The molecule has 0 bridgehead atoms. The van der Waals surface area contributed by atoms with Crippen LogP contribution in [-0.2, 0) is 0 Å². The Balaban J connectivity index is 0.00000144. The molecule has 0 aromatic heterocycles. The minimum absolute atomic E-state index is 0. The molecule has 0 heterocycles. The van der Waals surface area contributed by atoms with Crippen LogP contribution in [0, 0.1) is 5.41 Å². The van der Waals surface area contributed by atoms with Crippen molar-refractivity contribution in [2.45, 2.75) is 0 Å². The van der Waals surface area contributed by atoms with Gasteiger partial charge in [-0.05, 0) is 30.5 Å². The molecule has 0 radical (unpaired) electrons. The van der Waals surface area contributed by atoms with Crippen molar-refractivity contribution in [2.75, 3.05) is 11.6 Å². The highest BCUT2D eigenvalue weighted by Gasteiger charge is 1.94. The fourth-order valence-corrected chi connectivity index (χ4v) is 1.20. The number of hydrogen-bond acceptors (Lipinski definition) is 2. The summed E-state index contributed by atoms with van der Waals surface area (Å²) in [7, 11) is 0. The van der Waals surface area contributed by atoms with Crippen LogP contribution in [0.1, 0.15) is 0 Å². The van der Waals surface area contributed by atoms with E-state index in [0.717, 1.165) is 10.2 Å². The van der Waals surface area contributed by atoms with Gasteiger partial charge in [-0.2, -0.15) is 0 Å². The molecule has 0 aliphatic heterocycles. The minimum Gasteiger partial charge on any atom is -0.335 e. The molecule has 0 saturated heterocycles. The molecule has 0 fully saturated rings. The maximum Gasteiger partial charge on any atom is 0.157 e. The zero-order valence-corrected chi connectivity index (χ0v) is 11.7. The molecule has 1 aromatic carbocycles. The van der Waals surface area contributed by atoms with Crippen LogP contribution >= 0.6 is 51.7 Å². The Morgan fingerprint density at radius 3 is 2.38 bits per heavy atom. The quantitative estimate of drug-likeness (QED) is 0.447. The van der Waals surface area contributed by atoms with E-state index in [1.54, 1.807) is 0 Å². The van der Waals surface area contributed by atoms with Crippen LogP contribution in [0.4, 0.5) is 5.69 Å². The largest absolute Gasteiger partial charge is 0.335 e. The first-order chi connectivity index (χ1) is 5.72. The highest BCUT2D eigenvalue weighted by molar-refractivity contribution is 14.0. The summed E-state index contributed by atoms with van der Waals surface area (Å²) in [5, 5.41) is 10.8. The lowest BCUT2D eigenvalue weighted by Gasteiger charge is -2.04. The summed E-state index contributed by atoms with van der Waals surface area (Å²) in [5.74, 6) is 0. The van der Waals surface area contributed by atoms with Crippen molar-refractivity contribution < 1.29 is 0 Å². The molecule has 5 heteroatoms. The van der Waals surface area contributed by atoms with Gasteiger partial charge in [-0.15, -0.1) is 24.0 Å². The van der Waals surface area contributed by atoms with Crippen LogP contribution in [0.25, 0.3) is 0 Å². The Labute approximate surface area is 108 Å². The molecular weight excluding hydrogens is 363 g/mol. The molecule has 2 nitrogen and oxygen atoms in total. The second kappa shape index (κ2) is 6.67. The maximum atomic E-state index is 7.37. The lowest BCUT2D eigenvalue weighted by Crippen LogP contribution is -2.04. The van der Waals surface area contributed by atoms with Crippen LogP contribution in [0.2, 0.25) is 0 Å². The van der Waals surface area contributed by atoms with Crippen molar-refractivity contribution >= 4 is 62.5 Å². The lowest BCUT2D eigenvalue weighted by molar-refractivity contribution is 1.51. The molecule has 0 saturated carbocycles. The standard InChI is InChI=1S/C8H9BrN2S.HI/c1-12-8(10)11-7-4-2-6(9)3-5-7;/h2-5H,1H3,(H2,10,11);1H. The Hall–Kier alpha value is 0.250. The molecule has 2 N–H and O–H groups in total. The summed E-state index contributed by atoms with van der Waals surface area (Å²) in [6.07, 6.45) is 1.87. The molecule has 0 spiro atoms. The third kappa shape index (κ3) is 4.87. The zero-order valence-electron chi connectivity index (χ0n) is 7.00. The van der Waals surface area contributed by atoms with E-state index in [2.05, 4.69) is 21.2 Å². The van der Waals surface area contributed by atoms with Gasteiger partial charge in [-0.1, -0.05) is 27.7 Å². The molecule has 1 rings (SSSR count). The van der Waals surface area contributed by atoms with Crippen LogP contribution in [0.5, 0.6) is 0 Å². The van der Waals surface area contributed by atoms with Gasteiger partial charge in [-0.3, -0.25) is 5.41 Å². The Bertz CT molecular complexity index is 276. The Morgan fingerprint density at radius 1 is 1.38 bits per heavy atom. The number of amidine groups is 1. The predicted octanol–water partition coefficient (Wildman–Crippen LogP) is 3.78. The normalized spacial score (nSPS) is 8.77. The topological polar surface area (TPSA) is 35.9 Å². The number of halogens is 2. The minimum atomic E-state index is 0. The number of anilines is 1. The Morgan fingerprint density at radius 2 is 1.92 bits per heavy atom. The predicted molar refractivity (Wildman–Crippen MR) is 74.4 cm³/mol. The number of hydrogen-bond donors (Lipinski definition) is 2. The monoisotopic (exact) mass is 372 g/mol. The van der Waals surface area contributed by atoms with Crippen molar-refractivity contribution in [3.63, 3.8) is 0 Å². The van der Waals surface area contributed by atoms with E-state index in [-0.39, 0.29) is 24.0 Å². The van der Waals surface area contributed by atoms with Crippen molar-refractivity contribution in [1.29, 1.82) is 5.41 Å². The molecular formula is C8H10BrIN2S. The molecule has 0 atom stereocenters. The van der Waals surface area contributed by atoms with Crippen molar-refractivity contribution in [3.8, 4) is 0 Å². The molecule has 0 aliphatic carbocycles. The second-order valence-electron chi connectivity index (χ2n) is 2.17. The fourth-order valence-electron chi connectivity index (χ4n) is 0.715. The van der Waals surface area contributed by atoms with Crippen LogP contribution in [0.15, 0.2) is 28.7 Å². The summed E-state index contributed by atoms with van der Waals surface area (Å²) in [4.78, 5) is 0. The van der Waals surface area contributed by atoms with E-state index in [1.165, 1.54) is 11.8 Å². The third-order valence-corrected chi connectivity index (χ3v) is 2.35. The van der Waals surface area contributed by atoms with Gasteiger partial charge in [0.2, 0.25) is 0 Å². The Kier molecular flexibility index (Phi) is 6.79. The van der Waals surface area contributed by atoms with Gasteiger partial charge in [0.15, 0.2) is 5.17 Å². The molecule has 1 aromatic rings. The first-order valence-corrected chi connectivity index (χ1v) is 5.39. The van der Waals surface area contributed by atoms with E-state index in [9.17, 15) is 0 Å². The van der Waals surface area contributed by atoms with Gasteiger partial charge in [0, 0.05) is 10.2 Å². The number of benzene rings is 1. The van der Waals surface area contributed by atoms with E-state index in [0.29, 0.717) is 5.17 Å². The van der Waals surface area contributed by atoms with E-state index >= 15 is 0 Å². The van der Waals surface area contributed by atoms with Gasteiger partial charge < -0.3 is 5.32 Å². The maximum absolute atomic E-state index is 7.37. The molecule has 72 valence electrons. The fraction of sp³-hybridized carbons (Fsp3) is 0.125. The highest BCUT2D eigenvalue weighted by atomic mass is 127. The smallest absolute Gasteiger partial charge is 0.157 e.